The Kier molecular flexibility index (Phi) is 5.47. The Morgan fingerprint density at radius 3 is 2.73 bits per heavy atom. The molecule has 2 aromatic carbocycles. The summed E-state index contributed by atoms with van der Waals surface area (Å²) in [6.45, 7) is 0.835. The first-order chi connectivity index (χ1) is 12.7. The van der Waals surface area contributed by atoms with Gasteiger partial charge in [-0.2, -0.15) is 0 Å². The van der Waals surface area contributed by atoms with Crippen molar-refractivity contribution in [2.24, 2.45) is 4.99 Å². The Bertz CT molecular complexity index is 772. The second kappa shape index (κ2) is 7.98. The minimum atomic E-state index is -0.740. The van der Waals surface area contributed by atoms with Gasteiger partial charge in [0.15, 0.2) is 11.5 Å². The van der Waals surface area contributed by atoms with Crippen LogP contribution in [0.5, 0.6) is 0 Å². The van der Waals surface area contributed by atoms with Crippen LogP contribution in [0, 0.1) is 0 Å². The van der Waals surface area contributed by atoms with Gasteiger partial charge in [-0.25, -0.2) is 0 Å². The zero-order valence-corrected chi connectivity index (χ0v) is 15.5. The third-order valence-corrected chi connectivity index (χ3v) is 5.86. The Labute approximate surface area is 161 Å². The molecule has 7 heteroatoms. The number of thioether (sulfide) groups is 1. The SMILES string of the molecule is O[C@@H]1[C@H](OCc2ccccc2)OC[C@H]2N=C(Nc3ccc(Cl)cc3)S[C@@H]12. The number of anilines is 1. The largest absolute Gasteiger partial charge is 0.387 e. The van der Waals surface area contributed by atoms with E-state index in [1.54, 1.807) is 0 Å². The number of fused-ring (bicyclic) bond motifs is 1. The Hall–Kier alpha value is -1.57. The third-order valence-electron chi connectivity index (χ3n) is 4.31. The van der Waals surface area contributed by atoms with Crippen molar-refractivity contribution >= 4 is 34.2 Å². The number of amidine groups is 1. The summed E-state index contributed by atoms with van der Waals surface area (Å²) in [5.41, 5.74) is 1.96. The van der Waals surface area contributed by atoms with Crippen molar-refractivity contribution in [3.05, 3.63) is 65.2 Å². The molecule has 2 aromatic rings. The summed E-state index contributed by atoms with van der Waals surface area (Å²) in [4.78, 5) is 4.63. The first-order valence-corrected chi connectivity index (χ1v) is 9.67. The Morgan fingerprint density at radius 1 is 1.19 bits per heavy atom. The number of aliphatic imine (C=N–C) groups is 1. The van der Waals surface area contributed by atoms with E-state index in [0.29, 0.717) is 18.2 Å². The lowest BCUT2D eigenvalue weighted by molar-refractivity contribution is -0.220. The van der Waals surface area contributed by atoms with Gasteiger partial charge in [-0.3, -0.25) is 4.99 Å². The number of aliphatic hydroxyl groups excluding tert-OH is 1. The maximum absolute atomic E-state index is 10.6. The highest BCUT2D eigenvalue weighted by molar-refractivity contribution is 8.15. The van der Waals surface area contributed by atoms with E-state index >= 15 is 0 Å². The molecule has 1 saturated heterocycles. The maximum atomic E-state index is 10.6. The summed E-state index contributed by atoms with van der Waals surface area (Å²) < 4.78 is 11.5. The molecule has 1 fully saturated rings. The van der Waals surface area contributed by atoms with Gasteiger partial charge in [0.2, 0.25) is 0 Å². The van der Waals surface area contributed by atoms with E-state index in [-0.39, 0.29) is 11.3 Å². The molecule has 0 radical (unpaired) electrons. The van der Waals surface area contributed by atoms with Crippen molar-refractivity contribution < 1.29 is 14.6 Å². The number of ether oxygens (including phenoxy) is 2. The quantitative estimate of drug-likeness (QED) is 0.836. The molecular weight excluding hydrogens is 372 g/mol. The van der Waals surface area contributed by atoms with Gasteiger partial charge in [-0.1, -0.05) is 53.7 Å². The summed E-state index contributed by atoms with van der Waals surface area (Å²) in [5, 5.41) is 15.3. The van der Waals surface area contributed by atoms with E-state index in [2.05, 4.69) is 10.3 Å². The fourth-order valence-electron chi connectivity index (χ4n) is 2.96. The van der Waals surface area contributed by atoms with Gasteiger partial charge in [0.05, 0.1) is 24.5 Å². The predicted molar refractivity (Wildman–Crippen MR) is 105 cm³/mol. The van der Waals surface area contributed by atoms with Crippen molar-refractivity contribution in [3.63, 3.8) is 0 Å². The van der Waals surface area contributed by atoms with Crippen molar-refractivity contribution in [2.75, 3.05) is 11.9 Å². The predicted octanol–water partition coefficient (Wildman–Crippen LogP) is 3.53. The van der Waals surface area contributed by atoms with E-state index in [1.807, 2.05) is 54.6 Å². The maximum Gasteiger partial charge on any atom is 0.185 e. The average molecular weight is 391 g/mol. The van der Waals surface area contributed by atoms with Crippen LogP contribution in [0.3, 0.4) is 0 Å². The number of benzene rings is 2. The van der Waals surface area contributed by atoms with Crippen molar-refractivity contribution in [1.29, 1.82) is 0 Å². The fourth-order valence-corrected chi connectivity index (χ4v) is 4.28. The number of halogens is 1. The first kappa shape index (κ1) is 17.8. The number of nitrogens with one attached hydrogen (secondary N) is 1. The second-order valence-corrected chi connectivity index (χ2v) is 7.81. The van der Waals surface area contributed by atoms with Gasteiger partial charge in [-0.05, 0) is 29.8 Å². The van der Waals surface area contributed by atoms with Gasteiger partial charge in [0, 0.05) is 10.7 Å². The molecule has 0 saturated carbocycles. The molecule has 2 aliphatic heterocycles. The molecule has 5 nitrogen and oxygen atoms in total. The van der Waals surface area contributed by atoms with Crippen LogP contribution in [0.4, 0.5) is 5.69 Å². The van der Waals surface area contributed by atoms with Gasteiger partial charge >= 0.3 is 0 Å². The second-order valence-electron chi connectivity index (χ2n) is 6.20. The molecule has 0 bridgehead atoms. The smallest absolute Gasteiger partial charge is 0.185 e. The Balaban J connectivity index is 1.34. The number of hydrogen-bond donors (Lipinski definition) is 2. The van der Waals surface area contributed by atoms with Gasteiger partial charge in [0.25, 0.3) is 0 Å². The van der Waals surface area contributed by atoms with Crippen molar-refractivity contribution in [3.8, 4) is 0 Å². The Morgan fingerprint density at radius 2 is 1.96 bits per heavy atom. The molecule has 4 rings (SSSR count). The third kappa shape index (κ3) is 4.05. The summed E-state index contributed by atoms with van der Waals surface area (Å²) >= 11 is 7.43. The van der Waals surface area contributed by atoms with Crippen LogP contribution >= 0.6 is 23.4 Å². The lowest BCUT2D eigenvalue weighted by Crippen LogP contribution is -2.50. The molecule has 0 aromatic heterocycles. The minimum Gasteiger partial charge on any atom is -0.387 e. The lowest BCUT2D eigenvalue weighted by atomic mass is 10.1. The average Bonchev–Trinajstić information content (AvgIpc) is 3.07. The monoisotopic (exact) mass is 390 g/mol. The molecule has 0 unspecified atom stereocenters. The van der Waals surface area contributed by atoms with Crippen molar-refractivity contribution in [2.45, 2.75) is 30.3 Å². The van der Waals surface area contributed by atoms with Crippen LogP contribution in [0.25, 0.3) is 0 Å². The highest BCUT2D eigenvalue weighted by atomic mass is 35.5. The number of aliphatic hydroxyl groups is 1. The van der Waals surface area contributed by atoms with Crippen LogP contribution in [0.15, 0.2) is 59.6 Å². The fraction of sp³-hybridized carbons (Fsp3) is 0.316. The van der Waals surface area contributed by atoms with E-state index in [1.165, 1.54) is 11.8 Å². The molecule has 0 spiro atoms. The number of rotatable bonds is 4. The molecule has 2 heterocycles. The molecule has 4 atom stereocenters. The highest BCUT2D eigenvalue weighted by Gasteiger charge is 2.44. The van der Waals surface area contributed by atoms with Crippen LogP contribution in [-0.2, 0) is 16.1 Å². The van der Waals surface area contributed by atoms with Gasteiger partial charge in [0.1, 0.15) is 6.10 Å². The standard InChI is InChI=1S/C19H19ClN2O3S/c20-13-6-8-14(9-7-13)21-19-22-15-11-25-18(16(23)17(15)26-19)24-10-12-4-2-1-3-5-12/h1-9,15-18,23H,10-11H2,(H,21,22)/t15-,16+,17-,18-/m1/s1. The first-order valence-electron chi connectivity index (χ1n) is 8.41. The lowest BCUT2D eigenvalue weighted by Gasteiger charge is -2.34. The highest BCUT2D eigenvalue weighted by Crippen LogP contribution is 2.35. The number of hydrogen-bond acceptors (Lipinski definition) is 6. The molecule has 136 valence electrons. The molecular formula is C19H19ClN2O3S. The van der Waals surface area contributed by atoms with Gasteiger partial charge < -0.3 is 19.9 Å². The van der Waals surface area contributed by atoms with E-state index in [0.717, 1.165) is 16.4 Å². The summed E-state index contributed by atoms with van der Waals surface area (Å²) in [6.07, 6.45) is -1.38. The van der Waals surface area contributed by atoms with Crippen LogP contribution in [0.1, 0.15) is 5.56 Å². The zero-order valence-electron chi connectivity index (χ0n) is 13.9. The summed E-state index contributed by atoms with van der Waals surface area (Å²) in [7, 11) is 0. The van der Waals surface area contributed by atoms with E-state index in [4.69, 9.17) is 21.1 Å². The minimum absolute atomic E-state index is 0.0821. The van der Waals surface area contributed by atoms with E-state index in [9.17, 15) is 5.11 Å². The number of nitrogens with zero attached hydrogens (tertiary/aromatic N) is 1. The normalized spacial score (nSPS) is 27.7. The van der Waals surface area contributed by atoms with Gasteiger partial charge in [-0.15, -0.1) is 0 Å². The molecule has 2 aliphatic rings. The summed E-state index contributed by atoms with van der Waals surface area (Å²) in [5.74, 6) is 0. The molecule has 2 N–H and O–H groups in total. The van der Waals surface area contributed by atoms with Crippen LogP contribution < -0.4 is 5.32 Å². The van der Waals surface area contributed by atoms with E-state index < -0.39 is 12.4 Å². The van der Waals surface area contributed by atoms with Crippen molar-refractivity contribution in [1.82, 2.24) is 0 Å². The topological polar surface area (TPSA) is 63.1 Å². The molecule has 0 amide bonds. The molecule has 0 aliphatic carbocycles. The molecule has 26 heavy (non-hydrogen) atoms. The van der Waals surface area contributed by atoms with Crippen LogP contribution in [-0.4, -0.2) is 40.6 Å². The summed E-state index contributed by atoms with van der Waals surface area (Å²) in [6, 6.07) is 17.2. The van der Waals surface area contributed by atoms with Crippen LogP contribution in [0.2, 0.25) is 5.02 Å². The zero-order chi connectivity index (χ0) is 17.9.